The summed E-state index contributed by atoms with van der Waals surface area (Å²) in [5.74, 6) is -2.46. The molecular weight excluding hydrogens is 287 g/mol. The van der Waals surface area contributed by atoms with Gasteiger partial charge >= 0.3 is 12.1 Å². The molecule has 4 nitrogen and oxygen atoms in total. The molecule has 0 saturated heterocycles. The molecule has 0 aromatic heterocycles. The summed E-state index contributed by atoms with van der Waals surface area (Å²) >= 11 is 0. The molecular formula is C14H16F3NO3. The summed E-state index contributed by atoms with van der Waals surface area (Å²) in [5.41, 5.74) is -0.548. The number of alkyl halides is 3. The maximum absolute atomic E-state index is 12.6. The Hall–Kier alpha value is -2.05. The predicted octanol–water partition coefficient (Wildman–Crippen LogP) is 3.05. The quantitative estimate of drug-likeness (QED) is 0.909. The summed E-state index contributed by atoms with van der Waals surface area (Å²) in [5, 5.41) is 9.02. The first-order chi connectivity index (χ1) is 9.61. The molecule has 1 aromatic rings. The van der Waals surface area contributed by atoms with Crippen LogP contribution in [-0.4, -0.2) is 41.1 Å². The molecule has 0 aliphatic rings. The van der Waals surface area contributed by atoms with Gasteiger partial charge in [-0.15, -0.1) is 0 Å². The van der Waals surface area contributed by atoms with E-state index >= 15 is 0 Å². The highest BCUT2D eigenvalue weighted by molar-refractivity contribution is 6.04. The number of rotatable bonds is 5. The van der Waals surface area contributed by atoms with E-state index in [4.69, 9.17) is 5.11 Å². The highest BCUT2D eigenvalue weighted by Crippen LogP contribution is 2.20. The predicted molar refractivity (Wildman–Crippen MR) is 70.2 cm³/mol. The third kappa shape index (κ3) is 5.09. The van der Waals surface area contributed by atoms with Crippen LogP contribution in [0.5, 0.6) is 0 Å². The lowest BCUT2D eigenvalue weighted by molar-refractivity contribution is -0.141. The molecule has 0 radical (unpaired) electrons. The van der Waals surface area contributed by atoms with E-state index in [0.717, 1.165) is 0 Å². The lowest BCUT2D eigenvalue weighted by Crippen LogP contribution is -2.41. The van der Waals surface area contributed by atoms with E-state index in [9.17, 15) is 22.8 Å². The van der Waals surface area contributed by atoms with E-state index in [0.29, 0.717) is 4.90 Å². The van der Waals surface area contributed by atoms with Crippen LogP contribution in [0.1, 0.15) is 34.6 Å². The molecule has 1 amide bonds. The Kier molecular flexibility index (Phi) is 5.34. The van der Waals surface area contributed by atoms with Crippen molar-refractivity contribution in [2.24, 2.45) is 5.92 Å². The number of carbonyl (C=O) groups excluding carboxylic acids is 1. The van der Waals surface area contributed by atoms with E-state index < -0.39 is 24.6 Å². The molecule has 0 heterocycles. The number of hydrogen-bond donors (Lipinski definition) is 1. The SMILES string of the molecule is CC(C)CN(CC(F)(F)F)C(=O)c1ccccc1C(=O)O. The largest absolute Gasteiger partial charge is 0.478 e. The van der Waals surface area contributed by atoms with Crippen molar-refractivity contribution in [3.8, 4) is 0 Å². The molecule has 116 valence electrons. The van der Waals surface area contributed by atoms with Crippen LogP contribution in [0.4, 0.5) is 13.2 Å². The molecule has 0 unspecified atom stereocenters. The number of carbonyl (C=O) groups is 2. The highest BCUT2D eigenvalue weighted by Gasteiger charge is 2.34. The summed E-state index contributed by atoms with van der Waals surface area (Å²) in [6, 6.07) is 5.24. The van der Waals surface area contributed by atoms with Crippen LogP contribution >= 0.6 is 0 Å². The first-order valence-corrected chi connectivity index (χ1v) is 6.30. The Morgan fingerprint density at radius 1 is 1.19 bits per heavy atom. The van der Waals surface area contributed by atoms with Crippen molar-refractivity contribution in [1.82, 2.24) is 4.90 Å². The van der Waals surface area contributed by atoms with E-state index in [2.05, 4.69) is 0 Å². The van der Waals surface area contributed by atoms with Gasteiger partial charge in [-0.25, -0.2) is 4.79 Å². The molecule has 0 spiro atoms. The van der Waals surface area contributed by atoms with Gasteiger partial charge in [-0.3, -0.25) is 4.79 Å². The third-order valence-electron chi connectivity index (χ3n) is 2.63. The molecule has 1 aromatic carbocycles. The van der Waals surface area contributed by atoms with Gasteiger partial charge in [0, 0.05) is 6.54 Å². The number of hydrogen-bond acceptors (Lipinski definition) is 2. The molecule has 0 fully saturated rings. The number of amides is 1. The molecule has 0 aliphatic heterocycles. The van der Waals surface area contributed by atoms with E-state index in [-0.39, 0.29) is 23.6 Å². The monoisotopic (exact) mass is 303 g/mol. The summed E-state index contributed by atoms with van der Waals surface area (Å²) in [4.78, 5) is 23.9. The van der Waals surface area contributed by atoms with Gasteiger partial charge < -0.3 is 10.0 Å². The third-order valence-corrected chi connectivity index (χ3v) is 2.63. The topological polar surface area (TPSA) is 57.6 Å². The van der Waals surface area contributed by atoms with Gasteiger partial charge in [-0.1, -0.05) is 26.0 Å². The minimum absolute atomic E-state index is 0.105. The van der Waals surface area contributed by atoms with Crippen molar-refractivity contribution in [3.63, 3.8) is 0 Å². The maximum atomic E-state index is 12.6. The van der Waals surface area contributed by atoms with Gasteiger partial charge in [0.1, 0.15) is 6.54 Å². The number of aromatic carboxylic acids is 1. The van der Waals surface area contributed by atoms with Gasteiger partial charge in [0.25, 0.3) is 5.91 Å². The smallest absolute Gasteiger partial charge is 0.406 e. The van der Waals surface area contributed by atoms with Crippen molar-refractivity contribution in [2.45, 2.75) is 20.0 Å². The first kappa shape index (κ1) is 17.0. The summed E-state index contributed by atoms with van der Waals surface area (Å²) < 4.78 is 37.7. The van der Waals surface area contributed by atoms with Crippen LogP contribution in [0.15, 0.2) is 24.3 Å². The Morgan fingerprint density at radius 3 is 2.14 bits per heavy atom. The fourth-order valence-corrected chi connectivity index (χ4v) is 1.90. The second-order valence-corrected chi connectivity index (χ2v) is 5.05. The average molecular weight is 303 g/mol. The van der Waals surface area contributed by atoms with Gasteiger partial charge in [-0.05, 0) is 18.1 Å². The van der Waals surface area contributed by atoms with Gasteiger partial charge in [0.05, 0.1) is 11.1 Å². The molecule has 1 rings (SSSR count). The van der Waals surface area contributed by atoms with Crippen LogP contribution in [0.2, 0.25) is 0 Å². The minimum atomic E-state index is -4.54. The average Bonchev–Trinajstić information content (AvgIpc) is 2.34. The molecule has 1 N–H and O–H groups in total. The van der Waals surface area contributed by atoms with Crippen molar-refractivity contribution >= 4 is 11.9 Å². The number of carboxylic acids is 1. The summed E-state index contributed by atoms with van der Waals surface area (Å²) in [6.45, 7) is 1.85. The molecule has 0 bridgehead atoms. The first-order valence-electron chi connectivity index (χ1n) is 6.30. The fourth-order valence-electron chi connectivity index (χ4n) is 1.90. The van der Waals surface area contributed by atoms with Gasteiger partial charge in [-0.2, -0.15) is 13.2 Å². The zero-order chi connectivity index (χ0) is 16.2. The lowest BCUT2D eigenvalue weighted by atomic mass is 10.1. The number of benzene rings is 1. The molecule has 0 saturated carbocycles. The van der Waals surface area contributed by atoms with Crippen molar-refractivity contribution in [3.05, 3.63) is 35.4 Å². The Labute approximate surface area is 120 Å². The zero-order valence-corrected chi connectivity index (χ0v) is 11.6. The molecule has 0 atom stereocenters. The summed E-state index contributed by atoms with van der Waals surface area (Å²) in [7, 11) is 0. The van der Waals surface area contributed by atoms with Crippen molar-refractivity contribution < 1.29 is 27.9 Å². The molecule has 0 aliphatic carbocycles. The minimum Gasteiger partial charge on any atom is -0.478 e. The maximum Gasteiger partial charge on any atom is 0.406 e. The van der Waals surface area contributed by atoms with Crippen molar-refractivity contribution in [2.75, 3.05) is 13.1 Å². The van der Waals surface area contributed by atoms with Crippen LogP contribution in [0.25, 0.3) is 0 Å². The van der Waals surface area contributed by atoms with Crippen LogP contribution < -0.4 is 0 Å². The number of halogens is 3. The Balaban J connectivity index is 3.13. The normalized spacial score (nSPS) is 11.5. The fraction of sp³-hybridized carbons (Fsp3) is 0.429. The van der Waals surface area contributed by atoms with E-state index in [1.165, 1.54) is 24.3 Å². The van der Waals surface area contributed by atoms with Gasteiger partial charge in [0.2, 0.25) is 0 Å². The highest BCUT2D eigenvalue weighted by atomic mass is 19.4. The lowest BCUT2D eigenvalue weighted by Gasteiger charge is -2.26. The zero-order valence-electron chi connectivity index (χ0n) is 11.6. The standard InChI is InChI=1S/C14H16F3NO3/c1-9(2)7-18(8-14(15,16)17)12(19)10-5-3-4-6-11(10)13(20)21/h3-6,9H,7-8H2,1-2H3,(H,20,21). The number of carboxylic acid groups (broad SMARTS) is 1. The van der Waals surface area contributed by atoms with E-state index in [1.807, 2.05) is 0 Å². The van der Waals surface area contributed by atoms with E-state index in [1.54, 1.807) is 13.8 Å². The Morgan fingerprint density at radius 2 is 1.71 bits per heavy atom. The van der Waals surface area contributed by atoms with Crippen LogP contribution in [-0.2, 0) is 0 Å². The summed E-state index contributed by atoms with van der Waals surface area (Å²) in [6.07, 6.45) is -4.54. The molecule has 21 heavy (non-hydrogen) atoms. The van der Waals surface area contributed by atoms with Crippen molar-refractivity contribution in [1.29, 1.82) is 0 Å². The second kappa shape index (κ2) is 6.60. The second-order valence-electron chi connectivity index (χ2n) is 5.05. The van der Waals surface area contributed by atoms with Gasteiger partial charge in [0.15, 0.2) is 0 Å². The molecule has 7 heteroatoms. The van der Waals surface area contributed by atoms with Crippen LogP contribution in [0.3, 0.4) is 0 Å². The number of nitrogens with zero attached hydrogens (tertiary/aromatic N) is 1. The Bertz CT molecular complexity index is 526. The van der Waals surface area contributed by atoms with Crippen LogP contribution in [0, 0.1) is 5.92 Å².